The molecule has 2 unspecified atom stereocenters. The van der Waals surface area contributed by atoms with Gasteiger partial charge in [-0.25, -0.2) is 13.1 Å². The Bertz CT molecular complexity index is 881. The summed E-state index contributed by atoms with van der Waals surface area (Å²) in [6.45, 7) is 2.30. The second-order valence-corrected chi connectivity index (χ2v) is 10.6. The van der Waals surface area contributed by atoms with Crippen molar-refractivity contribution in [2.75, 3.05) is 19.7 Å². The molecule has 1 heterocycles. The fourth-order valence-electron chi connectivity index (χ4n) is 4.28. The third-order valence-corrected chi connectivity index (χ3v) is 7.72. The van der Waals surface area contributed by atoms with Gasteiger partial charge in [-0.05, 0) is 56.4 Å². The van der Waals surface area contributed by atoms with Crippen molar-refractivity contribution in [3.05, 3.63) is 29.3 Å². The third-order valence-electron chi connectivity index (χ3n) is 6.05. The number of halogens is 1. The fraction of sp³-hybridized carbons (Fsp3) is 0.636. The van der Waals surface area contributed by atoms with Crippen LogP contribution in [-0.2, 0) is 24.3 Å². The molecule has 8 nitrogen and oxygen atoms in total. The maximum atomic E-state index is 13.1. The molecule has 2 amide bonds. The summed E-state index contributed by atoms with van der Waals surface area (Å²) < 4.78 is 33.2. The number of carbonyl (C=O) groups is 2. The number of hydrogen-bond donors (Lipinski definition) is 2. The van der Waals surface area contributed by atoms with Crippen molar-refractivity contribution in [1.82, 2.24) is 14.9 Å². The Morgan fingerprint density at radius 2 is 1.84 bits per heavy atom. The summed E-state index contributed by atoms with van der Waals surface area (Å²) in [6, 6.07) is 5.17. The molecule has 2 aliphatic rings. The van der Waals surface area contributed by atoms with E-state index in [2.05, 4.69) is 10.0 Å². The lowest BCUT2D eigenvalue weighted by Crippen LogP contribution is -2.55. The Morgan fingerprint density at radius 3 is 2.44 bits per heavy atom. The van der Waals surface area contributed by atoms with Crippen LogP contribution in [0.3, 0.4) is 0 Å². The zero-order valence-corrected chi connectivity index (χ0v) is 20.0. The van der Waals surface area contributed by atoms with Gasteiger partial charge in [0, 0.05) is 24.2 Å². The summed E-state index contributed by atoms with van der Waals surface area (Å²) in [6.07, 6.45) is 6.06. The number of carbonyl (C=O) groups excluding carboxylic acids is 2. The first-order valence-corrected chi connectivity index (χ1v) is 13.1. The standard InChI is InChI=1S/C22H32ClN3O5S/c1-2-20(22(28)25-17-6-3-4-7-17)26(15-18-8-5-13-31-18)21(27)14-24-32(29,30)19-11-9-16(23)10-12-19/h9-12,17-18,20,24H,2-8,13-15H2,1H3,(H,25,28). The summed E-state index contributed by atoms with van der Waals surface area (Å²) in [7, 11) is -3.89. The Kier molecular flexibility index (Phi) is 8.93. The van der Waals surface area contributed by atoms with Crippen molar-refractivity contribution < 1.29 is 22.7 Å². The number of ether oxygens (including phenoxy) is 1. The van der Waals surface area contributed by atoms with Crippen molar-refractivity contribution in [3.8, 4) is 0 Å². The van der Waals surface area contributed by atoms with E-state index in [1.54, 1.807) is 0 Å². The number of nitrogens with zero attached hydrogens (tertiary/aromatic N) is 1. The van der Waals surface area contributed by atoms with Gasteiger partial charge < -0.3 is 15.0 Å². The zero-order chi connectivity index (χ0) is 23.1. The van der Waals surface area contributed by atoms with Gasteiger partial charge in [-0.1, -0.05) is 31.4 Å². The van der Waals surface area contributed by atoms with Gasteiger partial charge in [0.1, 0.15) is 6.04 Å². The van der Waals surface area contributed by atoms with Crippen LogP contribution >= 0.6 is 11.6 Å². The summed E-state index contributed by atoms with van der Waals surface area (Å²) >= 11 is 5.83. The summed E-state index contributed by atoms with van der Waals surface area (Å²) in [5.41, 5.74) is 0. The molecule has 1 saturated heterocycles. The smallest absolute Gasteiger partial charge is 0.243 e. The molecular formula is C22H32ClN3O5S. The Balaban J connectivity index is 1.70. The van der Waals surface area contributed by atoms with Gasteiger partial charge >= 0.3 is 0 Å². The summed E-state index contributed by atoms with van der Waals surface area (Å²) in [5, 5.41) is 3.49. The predicted molar refractivity (Wildman–Crippen MR) is 122 cm³/mol. The van der Waals surface area contributed by atoms with E-state index in [0.29, 0.717) is 18.1 Å². The van der Waals surface area contributed by atoms with Crippen molar-refractivity contribution in [2.24, 2.45) is 0 Å². The number of hydrogen-bond acceptors (Lipinski definition) is 5. The highest BCUT2D eigenvalue weighted by molar-refractivity contribution is 7.89. The highest BCUT2D eigenvalue weighted by Crippen LogP contribution is 2.20. The van der Waals surface area contributed by atoms with Gasteiger partial charge in [0.15, 0.2) is 0 Å². The molecule has 1 aromatic rings. The van der Waals surface area contributed by atoms with E-state index < -0.39 is 28.5 Å². The second kappa shape index (κ2) is 11.4. The van der Waals surface area contributed by atoms with E-state index in [1.165, 1.54) is 29.2 Å². The summed E-state index contributed by atoms with van der Waals surface area (Å²) in [4.78, 5) is 27.7. The molecule has 2 fully saturated rings. The first-order chi connectivity index (χ1) is 15.3. The number of rotatable bonds is 10. The average Bonchev–Trinajstić information content (AvgIpc) is 3.46. The molecule has 2 N–H and O–H groups in total. The lowest BCUT2D eigenvalue weighted by atomic mass is 10.1. The van der Waals surface area contributed by atoms with Gasteiger partial charge in [-0.2, -0.15) is 0 Å². The minimum atomic E-state index is -3.89. The highest BCUT2D eigenvalue weighted by atomic mass is 35.5. The Labute approximate surface area is 195 Å². The predicted octanol–water partition coefficient (Wildman–Crippen LogP) is 2.46. The van der Waals surface area contributed by atoms with Crippen LogP contribution < -0.4 is 10.0 Å². The molecule has 10 heteroatoms. The highest BCUT2D eigenvalue weighted by Gasteiger charge is 2.33. The molecule has 3 rings (SSSR count). The number of sulfonamides is 1. The lowest BCUT2D eigenvalue weighted by Gasteiger charge is -2.33. The molecule has 2 atom stereocenters. The summed E-state index contributed by atoms with van der Waals surface area (Å²) in [5.74, 6) is -0.641. The van der Waals surface area contributed by atoms with Crippen LogP contribution in [0.5, 0.6) is 0 Å². The molecule has 32 heavy (non-hydrogen) atoms. The van der Waals surface area contributed by atoms with Crippen molar-refractivity contribution >= 4 is 33.4 Å². The van der Waals surface area contributed by atoms with Crippen molar-refractivity contribution in [1.29, 1.82) is 0 Å². The van der Waals surface area contributed by atoms with E-state index in [9.17, 15) is 18.0 Å². The molecule has 1 saturated carbocycles. The Hall–Kier alpha value is -1.68. The van der Waals surface area contributed by atoms with Crippen LogP contribution in [0.25, 0.3) is 0 Å². The molecular weight excluding hydrogens is 454 g/mol. The molecule has 0 bridgehead atoms. The van der Waals surface area contributed by atoms with Crippen LogP contribution in [0.4, 0.5) is 0 Å². The Morgan fingerprint density at radius 1 is 1.16 bits per heavy atom. The third kappa shape index (κ3) is 6.66. The van der Waals surface area contributed by atoms with E-state index in [0.717, 1.165) is 38.5 Å². The van der Waals surface area contributed by atoms with Crippen LogP contribution in [0, 0.1) is 0 Å². The first kappa shape index (κ1) is 25.0. The number of amides is 2. The quantitative estimate of drug-likeness (QED) is 0.529. The minimum Gasteiger partial charge on any atom is -0.376 e. The largest absolute Gasteiger partial charge is 0.376 e. The number of nitrogens with one attached hydrogen (secondary N) is 2. The maximum Gasteiger partial charge on any atom is 0.243 e. The van der Waals surface area contributed by atoms with E-state index in [4.69, 9.17) is 16.3 Å². The monoisotopic (exact) mass is 485 g/mol. The van der Waals surface area contributed by atoms with Gasteiger partial charge in [0.05, 0.1) is 17.5 Å². The van der Waals surface area contributed by atoms with E-state index >= 15 is 0 Å². The molecule has 1 aliphatic heterocycles. The maximum absolute atomic E-state index is 13.1. The molecule has 1 aliphatic carbocycles. The molecule has 0 spiro atoms. The first-order valence-electron chi connectivity index (χ1n) is 11.3. The van der Waals surface area contributed by atoms with Gasteiger partial charge in [0.25, 0.3) is 0 Å². The van der Waals surface area contributed by atoms with Gasteiger partial charge in [-0.15, -0.1) is 0 Å². The molecule has 0 radical (unpaired) electrons. The molecule has 178 valence electrons. The van der Waals surface area contributed by atoms with E-state index in [-0.39, 0.29) is 29.5 Å². The van der Waals surface area contributed by atoms with E-state index in [1.807, 2.05) is 6.92 Å². The van der Waals surface area contributed by atoms with Crippen molar-refractivity contribution in [2.45, 2.75) is 75.0 Å². The normalized spacial score (nSPS) is 20.2. The molecule has 1 aromatic carbocycles. The number of benzene rings is 1. The fourth-order valence-corrected chi connectivity index (χ4v) is 5.38. The van der Waals surface area contributed by atoms with Gasteiger partial charge in [0.2, 0.25) is 21.8 Å². The topological polar surface area (TPSA) is 105 Å². The molecule has 0 aromatic heterocycles. The van der Waals surface area contributed by atoms with Crippen molar-refractivity contribution in [3.63, 3.8) is 0 Å². The van der Waals surface area contributed by atoms with Gasteiger partial charge in [-0.3, -0.25) is 9.59 Å². The minimum absolute atomic E-state index is 0.0198. The average molecular weight is 486 g/mol. The van der Waals surface area contributed by atoms with Crippen LogP contribution in [0.2, 0.25) is 5.02 Å². The van der Waals surface area contributed by atoms with Crippen LogP contribution in [0.15, 0.2) is 29.2 Å². The SMILES string of the molecule is CCC(C(=O)NC1CCCC1)N(CC1CCCO1)C(=O)CNS(=O)(=O)c1ccc(Cl)cc1. The van der Waals surface area contributed by atoms with Crippen LogP contribution in [-0.4, -0.2) is 63.0 Å². The zero-order valence-electron chi connectivity index (χ0n) is 18.4. The van der Waals surface area contributed by atoms with Crippen LogP contribution in [0.1, 0.15) is 51.9 Å². The lowest BCUT2D eigenvalue weighted by molar-refractivity contribution is -0.141. The second-order valence-electron chi connectivity index (χ2n) is 8.37.